The van der Waals surface area contributed by atoms with Gasteiger partial charge in [-0.2, -0.15) is 0 Å². The Morgan fingerprint density at radius 2 is 1.29 bits per heavy atom. The summed E-state index contributed by atoms with van der Waals surface area (Å²) in [5.41, 5.74) is 18.8. The zero-order valence-corrected chi connectivity index (χ0v) is 28.3. The summed E-state index contributed by atoms with van der Waals surface area (Å²) in [6.07, 6.45) is 0.724. The smallest absolute Gasteiger partial charge is 0.243 e. The van der Waals surface area contributed by atoms with Crippen LogP contribution < -0.4 is 43.8 Å². The highest BCUT2D eigenvalue weighted by atomic mass is 16.3. The molecule has 0 radical (unpaired) electrons. The molecule has 0 spiro atoms. The van der Waals surface area contributed by atoms with E-state index >= 15 is 0 Å². The number of hydrogen-bond donors (Lipinski definition) is 9. The number of phenols is 1. The third-order valence-electron chi connectivity index (χ3n) is 7.95. The van der Waals surface area contributed by atoms with Gasteiger partial charge in [-0.25, -0.2) is 0 Å². The van der Waals surface area contributed by atoms with Gasteiger partial charge in [0.05, 0.1) is 6.04 Å². The zero-order valence-electron chi connectivity index (χ0n) is 28.3. The molecule has 0 saturated heterocycles. The fraction of sp³-hybridized carbons (Fsp3) is 0.471. The quantitative estimate of drug-likeness (QED) is 0.0856. The van der Waals surface area contributed by atoms with Crippen LogP contribution in [-0.2, 0) is 48.3 Å². The molecule has 15 heteroatoms. The lowest BCUT2D eigenvalue weighted by Gasteiger charge is -2.28. The minimum Gasteiger partial charge on any atom is -0.508 e. The lowest BCUT2D eigenvalue weighted by Crippen LogP contribution is -2.58. The van der Waals surface area contributed by atoms with Gasteiger partial charge in [0.15, 0.2) is 0 Å². The van der Waals surface area contributed by atoms with Gasteiger partial charge in [-0.05, 0) is 54.1 Å². The van der Waals surface area contributed by atoms with Crippen LogP contribution in [0.15, 0.2) is 48.5 Å². The van der Waals surface area contributed by atoms with Crippen LogP contribution in [0.5, 0.6) is 5.75 Å². The third kappa shape index (κ3) is 14.3. The number of nitrogens with two attached hydrogens (primary N) is 3. The molecule has 49 heavy (non-hydrogen) atoms. The standard InChI is InChI=1S/C34H50N8O7/c1-4-20(2)30(42-33(48)28(40-21(3)43)17-22-9-11-25(44)12-10-22)34(49)41-27(13-14-29(37)45)32(47)39-19-24-7-5-23(6-8-24)18-38-31(46)26(36)15-16-35/h5-12,20,26-28,30,44H,4,13-19,35-36H2,1-3H3,(H2,37,45)(H,38,46)(H,39,47)(H,40,43)(H,41,49)(H,42,48)/t20?,26-,27-,28-,30-/m0/s1. The Hall–Kier alpha value is -5.02. The highest BCUT2D eigenvalue weighted by molar-refractivity contribution is 5.94. The topological polar surface area (TPSA) is 261 Å². The number of rotatable bonds is 20. The van der Waals surface area contributed by atoms with E-state index in [2.05, 4.69) is 26.6 Å². The van der Waals surface area contributed by atoms with E-state index in [0.29, 0.717) is 24.9 Å². The van der Waals surface area contributed by atoms with Crippen molar-refractivity contribution in [3.63, 3.8) is 0 Å². The summed E-state index contributed by atoms with van der Waals surface area (Å²) in [5, 5.41) is 23.1. The van der Waals surface area contributed by atoms with E-state index in [9.17, 15) is 33.9 Å². The van der Waals surface area contributed by atoms with Gasteiger partial charge in [-0.15, -0.1) is 0 Å². The SMILES string of the molecule is CCC(C)[C@H](NC(=O)[C@H](Cc1ccc(O)cc1)NC(C)=O)C(=O)N[C@@H](CCC(N)=O)C(=O)NCc1ccc(CNC(=O)[C@@H](N)CCN)cc1. The number of benzene rings is 2. The number of nitrogens with one attached hydrogen (secondary N) is 5. The average molecular weight is 683 g/mol. The third-order valence-corrected chi connectivity index (χ3v) is 7.95. The number of primary amides is 1. The van der Waals surface area contributed by atoms with Crippen LogP contribution >= 0.6 is 0 Å². The maximum absolute atomic E-state index is 13.6. The summed E-state index contributed by atoms with van der Waals surface area (Å²) in [5.74, 6) is -3.53. The van der Waals surface area contributed by atoms with Crippen molar-refractivity contribution in [1.29, 1.82) is 0 Å². The van der Waals surface area contributed by atoms with E-state index in [1.165, 1.54) is 19.1 Å². The summed E-state index contributed by atoms with van der Waals surface area (Å²) in [6.45, 7) is 5.55. The summed E-state index contributed by atoms with van der Waals surface area (Å²) in [7, 11) is 0. The predicted molar refractivity (Wildman–Crippen MR) is 183 cm³/mol. The molecule has 1 unspecified atom stereocenters. The first kappa shape index (κ1) is 40.2. The van der Waals surface area contributed by atoms with Crippen LogP contribution in [0.25, 0.3) is 0 Å². The number of amides is 6. The van der Waals surface area contributed by atoms with Crippen molar-refractivity contribution in [1.82, 2.24) is 26.6 Å². The molecule has 0 aliphatic carbocycles. The minimum atomic E-state index is -1.14. The van der Waals surface area contributed by atoms with Gasteiger partial charge >= 0.3 is 0 Å². The molecule has 0 aliphatic heterocycles. The van der Waals surface area contributed by atoms with Gasteiger partial charge in [0.1, 0.15) is 23.9 Å². The van der Waals surface area contributed by atoms with Crippen molar-refractivity contribution < 1.29 is 33.9 Å². The maximum Gasteiger partial charge on any atom is 0.243 e. The number of hydrogen-bond acceptors (Lipinski definition) is 9. The van der Waals surface area contributed by atoms with Crippen molar-refractivity contribution >= 4 is 35.4 Å². The van der Waals surface area contributed by atoms with Crippen LogP contribution in [0.3, 0.4) is 0 Å². The Balaban J connectivity index is 2.11. The molecular formula is C34H50N8O7. The molecule has 12 N–H and O–H groups in total. The Labute approximate surface area is 286 Å². The van der Waals surface area contributed by atoms with Crippen molar-refractivity contribution in [3.8, 4) is 5.75 Å². The van der Waals surface area contributed by atoms with E-state index in [0.717, 1.165) is 11.1 Å². The first-order valence-corrected chi connectivity index (χ1v) is 16.3. The molecule has 0 bridgehead atoms. The maximum atomic E-state index is 13.6. The second-order valence-electron chi connectivity index (χ2n) is 12.0. The fourth-order valence-electron chi connectivity index (χ4n) is 4.81. The lowest BCUT2D eigenvalue weighted by atomic mass is 9.96. The molecule has 0 saturated carbocycles. The molecule has 15 nitrogen and oxygen atoms in total. The molecule has 268 valence electrons. The number of aromatic hydroxyl groups is 1. The molecule has 2 aromatic rings. The van der Waals surface area contributed by atoms with E-state index in [1.807, 2.05) is 6.92 Å². The molecule has 0 aliphatic rings. The first-order chi connectivity index (χ1) is 23.2. The Bertz CT molecular complexity index is 1420. The average Bonchev–Trinajstić information content (AvgIpc) is 3.07. The molecular weight excluding hydrogens is 632 g/mol. The van der Waals surface area contributed by atoms with Crippen molar-refractivity contribution in [3.05, 3.63) is 65.2 Å². The highest BCUT2D eigenvalue weighted by Crippen LogP contribution is 2.14. The molecule has 6 amide bonds. The van der Waals surface area contributed by atoms with Gasteiger partial charge in [0.2, 0.25) is 35.4 Å². The molecule has 0 heterocycles. The van der Waals surface area contributed by atoms with Gasteiger partial charge < -0.3 is 48.9 Å². The molecule has 0 fully saturated rings. The predicted octanol–water partition coefficient (Wildman–Crippen LogP) is -0.671. The Morgan fingerprint density at radius 1 is 0.735 bits per heavy atom. The second kappa shape index (κ2) is 20.4. The largest absolute Gasteiger partial charge is 0.508 e. The Kier molecular flexibility index (Phi) is 16.7. The molecule has 0 aromatic heterocycles. The molecule has 2 aromatic carbocycles. The summed E-state index contributed by atoms with van der Waals surface area (Å²) >= 11 is 0. The van der Waals surface area contributed by atoms with Crippen LogP contribution in [0.2, 0.25) is 0 Å². The van der Waals surface area contributed by atoms with E-state index < -0.39 is 53.7 Å². The van der Waals surface area contributed by atoms with Crippen LogP contribution in [0.4, 0.5) is 0 Å². The van der Waals surface area contributed by atoms with Crippen LogP contribution in [0, 0.1) is 5.92 Å². The lowest BCUT2D eigenvalue weighted by molar-refractivity contribution is -0.134. The van der Waals surface area contributed by atoms with Crippen molar-refractivity contribution in [2.45, 2.75) is 90.1 Å². The normalized spacial score (nSPS) is 13.9. The van der Waals surface area contributed by atoms with E-state index in [4.69, 9.17) is 17.2 Å². The second-order valence-corrected chi connectivity index (χ2v) is 12.0. The minimum absolute atomic E-state index is 0.0492. The fourth-order valence-corrected chi connectivity index (χ4v) is 4.81. The first-order valence-electron chi connectivity index (χ1n) is 16.3. The molecule has 2 rings (SSSR count). The van der Waals surface area contributed by atoms with Gasteiger partial charge in [0, 0.05) is 32.9 Å². The van der Waals surface area contributed by atoms with E-state index in [-0.39, 0.29) is 49.9 Å². The van der Waals surface area contributed by atoms with Crippen LogP contribution in [0.1, 0.15) is 63.1 Å². The summed E-state index contributed by atoms with van der Waals surface area (Å²) in [4.78, 5) is 75.8. The number of phenolic OH excluding ortho intramolecular Hbond substituents is 1. The van der Waals surface area contributed by atoms with Gasteiger partial charge in [0.25, 0.3) is 0 Å². The van der Waals surface area contributed by atoms with Gasteiger partial charge in [-0.3, -0.25) is 28.8 Å². The van der Waals surface area contributed by atoms with E-state index in [1.54, 1.807) is 43.3 Å². The zero-order chi connectivity index (χ0) is 36.5. The summed E-state index contributed by atoms with van der Waals surface area (Å²) < 4.78 is 0. The number of carbonyl (C=O) groups is 6. The summed E-state index contributed by atoms with van der Waals surface area (Å²) in [6, 6.07) is 9.37. The van der Waals surface area contributed by atoms with Crippen molar-refractivity contribution in [2.75, 3.05) is 6.54 Å². The van der Waals surface area contributed by atoms with Gasteiger partial charge in [-0.1, -0.05) is 56.7 Å². The molecule has 5 atom stereocenters. The Morgan fingerprint density at radius 3 is 1.80 bits per heavy atom. The van der Waals surface area contributed by atoms with Crippen LogP contribution in [-0.4, -0.2) is 71.3 Å². The highest BCUT2D eigenvalue weighted by Gasteiger charge is 2.32. The number of carbonyl (C=O) groups excluding carboxylic acids is 6. The monoisotopic (exact) mass is 682 g/mol. The van der Waals surface area contributed by atoms with Crippen molar-refractivity contribution in [2.24, 2.45) is 23.1 Å².